The summed E-state index contributed by atoms with van der Waals surface area (Å²) < 4.78 is 17.8. The Labute approximate surface area is 113 Å². The van der Waals surface area contributed by atoms with E-state index >= 15 is 0 Å². The molecular weight excluding hydrogens is 269 g/mol. The third kappa shape index (κ3) is 2.76. The maximum absolute atomic E-state index is 13.4. The molecule has 0 saturated heterocycles. The highest BCUT2D eigenvalue weighted by molar-refractivity contribution is 5.99. The molecule has 106 valence electrons. The van der Waals surface area contributed by atoms with Crippen molar-refractivity contribution in [2.75, 3.05) is 12.4 Å². The number of methoxy groups -OCH3 is 1. The zero-order chi connectivity index (χ0) is 14.9. The lowest BCUT2D eigenvalue weighted by Gasteiger charge is -2.07. The van der Waals surface area contributed by atoms with Gasteiger partial charge in [-0.1, -0.05) is 0 Å². The standard InChI is InChI=1S/C13H12FNO5/c1-20-13(19)9-4-6(2-3-10(9)14)15-11(16)7-5-8(7)12(17)18/h2-4,7-8H,5H2,1H3,(H,15,16)(H,17,18)/t7-,8+/m1/s1. The molecule has 0 heterocycles. The highest BCUT2D eigenvalue weighted by atomic mass is 19.1. The first-order valence-electron chi connectivity index (χ1n) is 5.85. The van der Waals surface area contributed by atoms with Crippen molar-refractivity contribution < 1.29 is 28.6 Å². The fraction of sp³-hybridized carbons (Fsp3) is 0.308. The Balaban J connectivity index is 2.09. The van der Waals surface area contributed by atoms with Crippen LogP contribution in [-0.2, 0) is 14.3 Å². The summed E-state index contributed by atoms with van der Waals surface area (Å²) in [7, 11) is 1.12. The third-order valence-corrected chi connectivity index (χ3v) is 3.08. The number of carbonyl (C=O) groups excluding carboxylic acids is 2. The van der Waals surface area contributed by atoms with Crippen molar-refractivity contribution in [2.45, 2.75) is 6.42 Å². The quantitative estimate of drug-likeness (QED) is 0.811. The number of carboxylic acid groups (broad SMARTS) is 1. The third-order valence-electron chi connectivity index (χ3n) is 3.08. The second kappa shape index (κ2) is 5.28. The van der Waals surface area contributed by atoms with Gasteiger partial charge in [0.25, 0.3) is 0 Å². The predicted molar refractivity (Wildman–Crippen MR) is 65.6 cm³/mol. The molecule has 20 heavy (non-hydrogen) atoms. The predicted octanol–water partition coefficient (Wildman–Crippen LogP) is 1.27. The number of halogens is 1. The number of carboxylic acids is 1. The van der Waals surface area contributed by atoms with Crippen LogP contribution in [-0.4, -0.2) is 30.1 Å². The summed E-state index contributed by atoms with van der Waals surface area (Å²) in [5.41, 5.74) is -0.0799. The summed E-state index contributed by atoms with van der Waals surface area (Å²) in [4.78, 5) is 33.7. The smallest absolute Gasteiger partial charge is 0.340 e. The Morgan fingerprint density at radius 2 is 2.05 bits per heavy atom. The zero-order valence-corrected chi connectivity index (χ0v) is 10.6. The molecule has 1 amide bonds. The molecule has 2 atom stereocenters. The molecule has 1 aromatic rings. The summed E-state index contributed by atoms with van der Waals surface area (Å²) in [6.45, 7) is 0. The summed E-state index contributed by atoms with van der Waals surface area (Å²) in [6, 6.07) is 3.47. The Hall–Kier alpha value is -2.44. The number of amides is 1. The monoisotopic (exact) mass is 281 g/mol. The first-order valence-corrected chi connectivity index (χ1v) is 5.85. The molecule has 1 fully saturated rings. The number of hydrogen-bond acceptors (Lipinski definition) is 4. The van der Waals surface area contributed by atoms with Gasteiger partial charge in [-0.15, -0.1) is 0 Å². The van der Waals surface area contributed by atoms with Crippen LogP contribution in [0, 0.1) is 17.7 Å². The minimum absolute atomic E-state index is 0.216. The molecule has 1 saturated carbocycles. The lowest BCUT2D eigenvalue weighted by atomic mass is 10.2. The summed E-state index contributed by atoms with van der Waals surface area (Å²) in [6.07, 6.45) is 0.284. The molecule has 0 radical (unpaired) electrons. The lowest BCUT2D eigenvalue weighted by Crippen LogP contribution is -2.17. The maximum Gasteiger partial charge on any atom is 0.340 e. The van der Waals surface area contributed by atoms with E-state index in [-0.39, 0.29) is 17.7 Å². The molecule has 1 aliphatic carbocycles. The van der Waals surface area contributed by atoms with E-state index in [2.05, 4.69) is 10.1 Å². The number of hydrogen-bond donors (Lipinski definition) is 2. The van der Waals surface area contributed by atoms with E-state index in [1.165, 1.54) is 6.07 Å². The van der Waals surface area contributed by atoms with Gasteiger partial charge in [-0.2, -0.15) is 0 Å². The van der Waals surface area contributed by atoms with Gasteiger partial charge in [-0.25, -0.2) is 9.18 Å². The number of nitrogens with one attached hydrogen (secondary N) is 1. The molecule has 7 heteroatoms. The summed E-state index contributed by atoms with van der Waals surface area (Å²) in [5.74, 6) is -4.34. The highest BCUT2D eigenvalue weighted by Crippen LogP contribution is 2.39. The second-order valence-electron chi connectivity index (χ2n) is 4.46. The second-order valence-corrected chi connectivity index (χ2v) is 4.46. The van der Waals surface area contributed by atoms with Crippen molar-refractivity contribution >= 4 is 23.5 Å². The molecule has 0 aliphatic heterocycles. The molecule has 1 aliphatic rings. The minimum Gasteiger partial charge on any atom is -0.481 e. The van der Waals surface area contributed by atoms with Crippen LogP contribution < -0.4 is 5.32 Å². The van der Waals surface area contributed by atoms with Gasteiger partial charge in [0.1, 0.15) is 5.82 Å². The molecule has 1 aromatic carbocycles. The molecule has 0 spiro atoms. The van der Waals surface area contributed by atoms with E-state index in [0.29, 0.717) is 0 Å². The van der Waals surface area contributed by atoms with Crippen molar-refractivity contribution in [3.05, 3.63) is 29.6 Å². The average Bonchev–Trinajstić information content (AvgIpc) is 3.20. The first-order chi connectivity index (χ1) is 9.43. The van der Waals surface area contributed by atoms with Gasteiger partial charge < -0.3 is 15.2 Å². The topological polar surface area (TPSA) is 92.7 Å². The SMILES string of the molecule is COC(=O)c1cc(NC(=O)[C@@H]2C[C@@H]2C(=O)O)ccc1F. The fourth-order valence-corrected chi connectivity index (χ4v) is 1.86. The van der Waals surface area contributed by atoms with Crippen molar-refractivity contribution in [1.29, 1.82) is 0 Å². The number of esters is 1. The van der Waals surface area contributed by atoms with E-state index in [1.807, 2.05) is 0 Å². The van der Waals surface area contributed by atoms with Crippen LogP contribution in [0.25, 0.3) is 0 Å². The molecule has 6 nitrogen and oxygen atoms in total. The van der Waals surface area contributed by atoms with Crippen LogP contribution in [0.1, 0.15) is 16.8 Å². The molecule has 2 N–H and O–H groups in total. The summed E-state index contributed by atoms with van der Waals surface area (Å²) >= 11 is 0. The number of ether oxygens (including phenoxy) is 1. The van der Waals surface area contributed by atoms with Gasteiger partial charge in [0.15, 0.2) is 0 Å². The van der Waals surface area contributed by atoms with Gasteiger partial charge in [-0.05, 0) is 24.6 Å². The van der Waals surface area contributed by atoms with Gasteiger partial charge in [0.2, 0.25) is 5.91 Å². The Bertz CT molecular complexity index is 586. The van der Waals surface area contributed by atoms with Crippen molar-refractivity contribution in [1.82, 2.24) is 0 Å². The van der Waals surface area contributed by atoms with Crippen molar-refractivity contribution in [3.8, 4) is 0 Å². The molecular formula is C13H12FNO5. The largest absolute Gasteiger partial charge is 0.481 e. The molecule has 0 bridgehead atoms. The zero-order valence-electron chi connectivity index (χ0n) is 10.6. The fourth-order valence-electron chi connectivity index (χ4n) is 1.86. The van der Waals surface area contributed by atoms with Crippen molar-refractivity contribution in [2.24, 2.45) is 11.8 Å². The van der Waals surface area contributed by atoms with E-state index in [0.717, 1.165) is 19.2 Å². The minimum atomic E-state index is -1.01. The van der Waals surface area contributed by atoms with Crippen LogP contribution >= 0.6 is 0 Å². The molecule has 2 rings (SSSR count). The normalized spacial score (nSPS) is 20.1. The first kappa shape index (κ1) is 14.0. The van der Waals surface area contributed by atoms with Crippen LogP contribution in [0.2, 0.25) is 0 Å². The van der Waals surface area contributed by atoms with Gasteiger partial charge in [-0.3, -0.25) is 9.59 Å². The Kier molecular flexibility index (Phi) is 3.69. The van der Waals surface area contributed by atoms with Crippen LogP contribution in [0.3, 0.4) is 0 Å². The lowest BCUT2D eigenvalue weighted by molar-refractivity contribution is -0.139. The van der Waals surface area contributed by atoms with Gasteiger partial charge in [0, 0.05) is 5.69 Å². The van der Waals surface area contributed by atoms with E-state index in [1.54, 1.807) is 0 Å². The van der Waals surface area contributed by atoms with Crippen LogP contribution in [0.4, 0.5) is 10.1 Å². The van der Waals surface area contributed by atoms with Gasteiger partial charge >= 0.3 is 11.9 Å². The maximum atomic E-state index is 13.4. The van der Waals surface area contributed by atoms with Crippen molar-refractivity contribution in [3.63, 3.8) is 0 Å². The van der Waals surface area contributed by atoms with E-state index in [9.17, 15) is 18.8 Å². The number of benzene rings is 1. The molecule has 0 aromatic heterocycles. The average molecular weight is 281 g/mol. The van der Waals surface area contributed by atoms with E-state index < -0.39 is 35.5 Å². The van der Waals surface area contributed by atoms with E-state index in [4.69, 9.17) is 5.11 Å². The Morgan fingerprint density at radius 3 is 2.60 bits per heavy atom. The number of anilines is 1. The van der Waals surface area contributed by atoms with Gasteiger partial charge in [0.05, 0.1) is 24.5 Å². The van der Waals surface area contributed by atoms with Crippen LogP contribution in [0.5, 0.6) is 0 Å². The number of aliphatic carboxylic acids is 1. The van der Waals surface area contributed by atoms with Crippen LogP contribution in [0.15, 0.2) is 18.2 Å². The number of rotatable bonds is 4. The molecule has 0 unspecified atom stereocenters. The number of carbonyl (C=O) groups is 3. The highest BCUT2D eigenvalue weighted by Gasteiger charge is 2.48. The summed E-state index contributed by atoms with van der Waals surface area (Å²) in [5, 5.41) is 11.2. The Morgan fingerprint density at radius 1 is 1.35 bits per heavy atom.